The number of benzene rings is 2. The van der Waals surface area contributed by atoms with E-state index in [0.29, 0.717) is 41.0 Å². The largest absolute Gasteiger partial charge is 0.497 e. The number of methoxy groups -OCH3 is 1. The summed E-state index contributed by atoms with van der Waals surface area (Å²) >= 11 is 6.09. The first-order valence-electron chi connectivity index (χ1n) is 11.4. The summed E-state index contributed by atoms with van der Waals surface area (Å²) in [4.78, 5) is 34.3. The van der Waals surface area contributed by atoms with E-state index >= 15 is 0 Å². The molecular weight excluding hydrogens is 468 g/mol. The molecule has 1 aliphatic rings. The van der Waals surface area contributed by atoms with Crippen LogP contribution in [-0.2, 0) is 4.79 Å². The van der Waals surface area contributed by atoms with Crippen molar-refractivity contribution in [2.24, 2.45) is 0 Å². The predicted octanol–water partition coefficient (Wildman–Crippen LogP) is 4.78. The fraction of sp³-hybridized carbons (Fsp3) is 0.308. The molecule has 1 atom stereocenters. The molecule has 0 spiro atoms. The van der Waals surface area contributed by atoms with Crippen LogP contribution in [0.25, 0.3) is 11.4 Å². The van der Waals surface area contributed by atoms with Crippen LogP contribution in [0.5, 0.6) is 5.75 Å². The summed E-state index contributed by atoms with van der Waals surface area (Å²) in [5.74, 6) is 0.912. The molecule has 1 aromatic heterocycles. The second-order valence-corrected chi connectivity index (χ2v) is 8.71. The van der Waals surface area contributed by atoms with Crippen molar-refractivity contribution in [1.29, 1.82) is 0 Å². The molecule has 2 heterocycles. The van der Waals surface area contributed by atoms with Gasteiger partial charge in [-0.25, -0.2) is 0 Å². The van der Waals surface area contributed by atoms with Crippen molar-refractivity contribution in [3.8, 4) is 17.1 Å². The van der Waals surface area contributed by atoms with E-state index in [4.69, 9.17) is 20.9 Å². The molecule has 0 aliphatic carbocycles. The number of nitrogens with zero attached hydrogens (tertiary/aromatic N) is 4. The third kappa shape index (κ3) is 5.71. The summed E-state index contributed by atoms with van der Waals surface area (Å²) in [5.41, 5.74) is 1.18. The zero-order chi connectivity index (χ0) is 24.8. The summed E-state index contributed by atoms with van der Waals surface area (Å²) in [5, 5.41) is 4.67. The van der Waals surface area contributed by atoms with Gasteiger partial charge in [0.2, 0.25) is 17.6 Å². The van der Waals surface area contributed by atoms with Gasteiger partial charge >= 0.3 is 0 Å². The predicted molar refractivity (Wildman–Crippen MR) is 132 cm³/mol. The third-order valence-electron chi connectivity index (χ3n) is 5.91. The van der Waals surface area contributed by atoms with Crippen molar-refractivity contribution in [2.75, 3.05) is 26.7 Å². The van der Waals surface area contributed by atoms with Crippen LogP contribution >= 0.6 is 11.6 Å². The molecule has 9 heteroatoms. The Morgan fingerprint density at radius 2 is 2.09 bits per heavy atom. The molecule has 3 aromatic rings. The molecule has 1 fully saturated rings. The molecule has 4 rings (SSSR count). The summed E-state index contributed by atoms with van der Waals surface area (Å²) in [7, 11) is 1.54. The quantitative estimate of drug-likeness (QED) is 0.419. The van der Waals surface area contributed by atoms with Gasteiger partial charge in [-0.15, -0.1) is 6.58 Å². The molecule has 1 aliphatic heterocycles. The van der Waals surface area contributed by atoms with Crippen LogP contribution < -0.4 is 4.74 Å². The molecular formula is C26H27ClN4O4. The summed E-state index contributed by atoms with van der Waals surface area (Å²) in [6.07, 6.45) is 4.10. The fourth-order valence-electron chi connectivity index (χ4n) is 4.17. The second-order valence-electron chi connectivity index (χ2n) is 8.27. The zero-order valence-corrected chi connectivity index (χ0v) is 20.3. The van der Waals surface area contributed by atoms with E-state index in [1.165, 1.54) is 4.90 Å². The molecule has 1 unspecified atom stereocenters. The van der Waals surface area contributed by atoms with Crippen molar-refractivity contribution in [3.05, 3.63) is 77.7 Å². The van der Waals surface area contributed by atoms with E-state index in [9.17, 15) is 9.59 Å². The highest BCUT2D eigenvalue weighted by Crippen LogP contribution is 2.32. The molecule has 0 N–H and O–H groups in total. The van der Waals surface area contributed by atoms with Crippen LogP contribution in [0.15, 0.2) is 65.7 Å². The maximum Gasteiger partial charge on any atom is 0.254 e. The maximum atomic E-state index is 13.4. The minimum absolute atomic E-state index is 0.0894. The highest BCUT2D eigenvalue weighted by molar-refractivity contribution is 6.30. The number of carbonyl (C=O) groups excluding carboxylic acids is 2. The second kappa shape index (κ2) is 11.2. The van der Waals surface area contributed by atoms with Gasteiger partial charge in [-0.2, -0.15) is 4.98 Å². The van der Waals surface area contributed by atoms with E-state index < -0.39 is 0 Å². The lowest BCUT2D eigenvalue weighted by molar-refractivity contribution is -0.136. The molecule has 182 valence electrons. The molecule has 1 saturated heterocycles. The Hall–Kier alpha value is -3.65. The van der Waals surface area contributed by atoms with Crippen LogP contribution in [0, 0.1) is 0 Å². The van der Waals surface area contributed by atoms with Crippen molar-refractivity contribution >= 4 is 23.4 Å². The van der Waals surface area contributed by atoms with Gasteiger partial charge in [0.25, 0.3) is 5.91 Å². The van der Waals surface area contributed by atoms with Crippen LogP contribution in [-0.4, -0.2) is 58.5 Å². The molecule has 0 bridgehead atoms. The van der Waals surface area contributed by atoms with Gasteiger partial charge in [-0.3, -0.25) is 9.59 Å². The molecule has 2 aromatic carbocycles. The Balaban J connectivity index is 1.52. The Morgan fingerprint density at radius 3 is 2.86 bits per heavy atom. The van der Waals surface area contributed by atoms with Crippen molar-refractivity contribution in [1.82, 2.24) is 19.9 Å². The van der Waals surface area contributed by atoms with Gasteiger partial charge in [0, 0.05) is 29.2 Å². The van der Waals surface area contributed by atoms with Gasteiger partial charge in [0.1, 0.15) is 18.3 Å². The van der Waals surface area contributed by atoms with Crippen molar-refractivity contribution in [3.63, 3.8) is 0 Å². The van der Waals surface area contributed by atoms with Gasteiger partial charge in [-0.1, -0.05) is 41.0 Å². The molecule has 0 radical (unpaired) electrons. The molecule has 2 amide bonds. The van der Waals surface area contributed by atoms with E-state index in [0.717, 1.165) is 18.4 Å². The van der Waals surface area contributed by atoms with Gasteiger partial charge in [0.05, 0.1) is 7.11 Å². The minimum Gasteiger partial charge on any atom is -0.497 e. The SMILES string of the molecule is C=CCN(CC(=O)N1CCCCC1c1nc(-c2cccc(Cl)c2)no1)C(=O)c1cccc(OC)c1. The first-order chi connectivity index (χ1) is 17.0. The fourth-order valence-corrected chi connectivity index (χ4v) is 4.36. The lowest BCUT2D eigenvalue weighted by Gasteiger charge is -2.35. The summed E-state index contributed by atoms with van der Waals surface area (Å²) in [6.45, 7) is 4.44. The first-order valence-corrected chi connectivity index (χ1v) is 11.8. The highest BCUT2D eigenvalue weighted by Gasteiger charge is 2.33. The van der Waals surface area contributed by atoms with Crippen LogP contribution in [0.1, 0.15) is 41.6 Å². The lowest BCUT2D eigenvalue weighted by atomic mass is 10.0. The Kier molecular flexibility index (Phi) is 7.82. The number of halogens is 1. The number of aromatic nitrogens is 2. The lowest BCUT2D eigenvalue weighted by Crippen LogP contribution is -2.46. The highest BCUT2D eigenvalue weighted by atomic mass is 35.5. The summed E-state index contributed by atoms with van der Waals surface area (Å²) < 4.78 is 10.8. The minimum atomic E-state index is -0.353. The average Bonchev–Trinajstić information content (AvgIpc) is 3.38. The number of likely N-dealkylation sites (tertiary alicyclic amines) is 1. The molecule has 35 heavy (non-hydrogen) atoms. The van der Waals surface area contributed by atoms with Crippen molar-refractivity contribution in [2.45, 2.75) is 25.3 Å². The maximum absolute atomic E-state index is 13.4. The molecule has 0 saturated carbocycles. The summed E-state index contributed by atoms with van der Waals surface area (Å²) in [6, 6.07) is 13.7. The number of hydrogen-bond donors (Lipinski definition) is 0. The van der Waals surface area contributed by atoms with Crippen LogP contribution in [0.4, 0.5) is 0 Å². The smallest absolute Gasteiger partial charge is 0.254 e. The number of rotatable bonds is 8. The van der Waals surface area contributed by atoms with Crippen LogP contribution in [0.3, 0.4) is 0 Å². The van der Waals surface area contributed by atoms with E-state index in [1.54, 1.807) is 54.5 Å². The third-order valence-corrected chi connectivity index (χ3v) is 6.15. The topological polar surface area (TPSA) is 88.8 Å². The Morgan fingerprint density at radius 1 is 1.26 bits per heavy atom. The van der Waals surface area contributed by atoms with E-state index in [1.807, 2.05) is 12.1 Å². The number of piperidine rings is 1. The Labute approximate surface area is 209 Å². The average molecular weight is 495 g/mol. The van der Waals surface area contributed by atoms with Gasteiger partial charge in [0.15, 0.2) is 0 Å². The van der Waals surface area contributed by atoms with Gasteiger partial charge < -0.3 is 19.1 Å². The number of hydrogen-bond acceptors (Lipinski definition) is 6. The van der Waals surface area contributed by atoms with E-state index in [-0.39, 0.29) is 30.9 Å². The number of ether oxygens (including phenoxy) is 1. The zero-order valence-electron chi connectivity index (χ0n) is 19.5. The first kappa shape index (κ1) is 24.5. The monoisotopic (exact) mass is 494 g/mol. The van der Waals surface area contributed by atoms with Gasteiger partial charge in [-0.05, 0) is 49.6 Å². The number of amides is 2. The standard InChI is InChI=1S/C26H27ClN4O4/c1-3-13-30(26(33)19-9-7-11-21(16-19)34-2)17-23(32)31-14-5-4-12-22(31)25-28-24(29-35-25)18-8-6-10-20(27)15-18/h3,6-11,15-16,22H,1,4-5,12-14,17H2,2H3. The van der Waals surface area contributed by atoms with E-state index in [2.05, 4.69) is 16.7 Å². The normalized spacial score (nSPS) is 15.5. The van der Waals surface area contributed by atoms with Crippen LogP contribution in [0.2, 0.25) is 5.02 Å². The Bertz CT molecular complexity index is 1210. The number of carbonyl (C=O) groups is 2. The molecule has 8 nitrogen and oxygen atoms in total. The van der Waals surface area contributed by atoms with Crippen molar-refractivity contribution < 1.29 is 18.8 Å².